The highest BCUT2D eigenvalue weighted by molar-refractivity contribution is 6.28. The van der Waals surface area contributed by atoms with Crippen LogP contribution in [-0.2, 0) is 4.74 Å². The molecule has 4 aromatic rings. The zero-order valence-electron chi connectivity index (χ0n) is 17.9. The monoisotopic (exact) mass is 479 g/mol. The number of hydrogen-bond acceptors (Lipinski definition) is 8. The zero-order valence-corrected chi connectivity index (χ0v) is 18.7. The van der Waals surface area contributed by atoms with Gasteiger partial charge in [-0.25, -0.2) is 4.98 Å². The number of halogens is 1. The van der Waals surface area contributed by atoms with Crippen molar-refractivity contribution in [2.45, 2.75) is 30.5 Å². The standard InChI is InChI=1S/C24H22ClN5O4/c25-24-27-21(18-22(28-24)30(12-26-18)23-20(33)19(32)17(11-31)34-23)29-10-15(13-6-2-1-3-7-13)14-8-4-5-9-16(14)29/h1-9,12,15,17,19-20,23,31-33H,10-11H2/t15?,17-,19-,20-,23-/m1/s1. The number of aliphatic hydroxyl groups is 3. The number of anilines is 2. The molecule has 3 N–H and O–H groups in total. The van der Waals surface area contributed by atoms with E-state index in [4.69, 9.17) is 16.3 Å². The summed E-state index contributed by atoms with van der Waals surface area (Å²) in [6.45, 7) is 0.223. The zero-order chi connectivity index (χ0) is 23.4. The first kappa shape index (κ1) is 21.5. The third-order valence-corrected chi connectivity index (χ3v) is 6.76. The number of para-hydroxylation sites is 1. The fraction of sp³-hybridized carbons (Fsp3) is 0.292. The quantitative estimate of drug-likeness (QED) is 0.382. The normalized spacial score (nSPS) is 26.4. The highest BCUT2D eigenvalue weighted by Gasteiger charge is 2.44. The van der Waals surface area contributed by atoms with Crippen molar-refractivity contribution >= 4 is 34.3 Å². The van der Waals surface area contributed by atoms with Crippen molar-refractivity contribution in [1.29, 1.82) is 0 Å². The van der Waals surface area contributed by atoms with Gasteiger partial charge in [0.15, 0.2) is 23.2 Å². The van der Waals surface area contributed by atoms with Crippen molar-refractivity contribution in [3.63, 3.8) is 0 Å². The van der Waals surface area contributed by atoms with Crippen molar-refractivity contribution in [2.75, 3.05) is 18.1 Å². The van der Waals surface area contributed by atoms with Crippen molar-refractivity contribution in [3.05, 3.63) is 77.3 Å². The second kappa shape index (κ2) is 8.30. The number of aliphatic hydroxyl groups excluding tert-OH is 3. The molecule has 0 radical (unpaired) electrons. The van der Waals surface area contributed by atoms with Crippen LogP contribution in [0.3, 0.4) is 0 Å². The van der Waals surface area contributed by atoms with Gasteiger partial charge in [0, 0.05) is 18.2 Å². The molecular formula is C24H22ClN5O4. The Labute approximate surface area is 199 Å². The summed E-state index contributed by atoms with van der Waals surface area (Å²) in [5.74, 6) is 0.690. The Morgan fingerprint density at radius 3 is 2.53 bits per heavy atom. The SMILES string of the molecule is OC[C@H]1O[C@@H](n2cnc3c(N4CC(c5ccccc5)c5ccccc54)nc(Cl)nc32)[C@H](O)[C@@H]1O. The Balaban J connectivity index is 1.45. The van der Waals surface area contributed by atoms with E-state index in [1.165, 1.54) is 22.0 Å². The molecule has 10 heteroatoms. The maximum absolute atomic E-state index is 10.5. The Bertz CT molecular complexity index is 1350. The summed E-state index contributed by atoms with van der Waals surface area (Å²) in [6.07, 6.45) is -2.90. The second-order valence-electron chi connectivity index (χ2n) is 8.50. The van der Waals surface area contributed by atoms with Gasteiger partial charge in [0.2, 0.25) is 5.28 Å². The Morgan fingerprint density at radius 1 is 1.00 bits per heavy atom. The van der Waals surface area contributed by atoms with E-state index >= 15 is 0 Å². The van der Waals surface area contributed by atoms with E-state index in [9.17, 15) is 15.3 Å². The number of fused-ring (bicyclic) bond motifs is 2. The Hall–Kier alpha value is -3.08. The molecule has 0 amide bonds. The molecule has 0 bridgehead atoms. The number of rotatable bonds is 4. The molecule has 174 valence electrons. The lowest BCUT2D eigenvalue weighted by molar-refractivity contribution is -0.0511. The average molecular weight is 480 g/mol. The van der Waals surface area contributed by atoms with Gasteiger partial charge in [-0.15, -0.1) is 0 Å². The van der Waals surface area contributed by atoms with Crippen LogP contribution in [0.2, 0.25) is 5.28 Å². The summed E-state index contributed by atoms with van der Waals surface area (Å²) in [6, 6.07) is 18.5. The average Bonchev–Trinajstić information content (AvgIpc) is 3.53. The number of aromatic nitrogens is 4. The van der Waals surface area contributed by atoms with Gasteiger partial charge >= 0.3 is 0 Å². The van der Waals surface area contributed by atoms with Gasteiger partial charge < -0.3 is 25.0 Å². The van der Waals surface area contributed by atoms with Crippen LogP contribution in [0.5, 0.6) is 0 Å². The minimum absolute atomic E-state index is 0.0247. The van der Waals surface area contributed by atoms with Gasteiger partial charge in [-0.05, 0) is 28.8 Å². The van der Waals surface area contributed by atoms with E-state index in [0.29, 0.717) is 23.5 Å². The number of benzene rings is 2. The van der Waals surface area contributed by atoms with Crippen LogP contribution >= 0.6 is 11.6 Å². The number of hydrogen-bond donors (Lipinski definition) is 3. The van der Waals surface area contributed by atoms with Crippen LogP contribution in [0, 0.1) is 0 Å². The summed E-state index contributed by atoms with van der Waals surface area (Å²) in [5, 5.41) is 30.2. The first-order valence-corrected chi connectivity index (χ1v) is 11.4. The molecule has 6 rings (SSSR count). The predicted molar refractivity (Wildman–Crippen MR) is 125 cm³/mol. The summed E-state index contributed by atoms with van der Waals surface area (Å²) >= 11 is 6.36. The van der Waals surface area contributed by atoms with E-state index in [-0.39, 0.29) is 11.2 Å². The molecule has 2 aliphatic heterocycles. The summed E-state index contributed by atoms with van der Waals surface area (Å²) in [7, 11) is 0. The lowest BCUT2D eigenvalue weighted by atomic mass is 9.93. The summed E-state index contributed by atoms with van der Waals surface area (Å²) < 4.78 is 7.20. The van der Waals surface area contributed by atoms with Gasteiger partial charge in [-0.2, -0.15) is 9.97 Å². The van der Waals surface area contributed by atoms with Crippen molar-refractivity contribution in [2.24, 2.45) is 0 Å². The Kier molecular flexibility index (Phi) is 5.23. The molecule has 1 unspecified atom stereocenters. The summed E-state index contributed by atoms with van der Waals surface area (Å²) in [5.41, 5.74) is 4.25. The van der Waals surface area contributed by atoms with E-state index in [1.807, 2.05) is 36.4 Å². The van der Waals surface area contributed by atoms with Gasteiger partial charge in [-0.3, -0.25) is 4.57 Å². The van der Waals surface area contributed by atoms with E-state index in [0.717, 1.165) is 5.69 Å². The first-order chi connectivity index (χ1) is 16.6. The van der Waals surface area contributed by atoms with Crippen LogP contribution in [0.15, 0.2) is 60.9 Å². The third-order valence-electron chi connectivity index (χ3n) is 6.59. The fourth-order valence-electron chi connectivity index (χ4n) is 4.94. The smallest absolute Gasteiger partial charge is 0.226 e. The van der Waals surface area contributed by atoms with Crippen LogP contribution in [0.4, 0.5) is 11.5 Å². The van der Waals surface area contributed by atoms with E-state index in [2.05, 4.69) is 38.1 Å². The molecule has 0 saturated carbocycles. The van der Waals surface area contributed by atoms with Gasteiger partial charge in [0.1, 0.15) is 18.3 Å². The predicted octanol–water partition coefficient (Wildman–Crippen LogP) is 2.37. The lowest BCUT2D eigenvalue weighted by Gasteiger charge is -2.20. The largest absolute Gasteiger partial charge is 0.394 e. The Morgan fingerprint density at radius 2 is 1.76 bits per heavy atom. The number of ether oxygens (including phenoxy) is 1. The maximum Gasteiger partial charge on any atom is 0.226 e. The second-order valence-corrected chi connectivity index (χ2v) is 8.84. The van der Waals surface area contributed by atoms with Gasteiger partial charge in [0.05, 0.1) is 12.9 Å². The number of nitrogens with zero attached hydrogens (tertiary/aromatic N) is 5. The molecule has 5 atom stereocenters. The van der Waals surface area contributed by atoms with Crippen molar-refractivity contribution in [1.82, 2.24) is 19.5 Å². The molecule has 9 nitrogen and oxygen atoms in total. The van der Waals surface area contributed by atoms with Crippen LogP contribution < -0.4 is 4.90 Å². The van der Waals surface area contributed by atoms with Crippen molar-refractivity contribution in [3.8, 4) is 0 Å². The molecule has 4 heterocycles. The molecule has 2 aromatic heterocycles. The molecular weight excluding hydrogens is 458 g/mol. The van der Waals surface area contributed by atoms with Crippen LogP contribution in [-0.4, -0.2) is 66.3 Å². The van der Waals surface area contributed by atoms with Crippen LogP contribution in [0.1, 0.15) is 23.3 Å². The van der Waals surface area contributed by atoms with Gasteiger partial charge in [-0.1, -0.05) is 48.5 Å². The fourth-order valence-corrected chi connectivity index (χ4v) is 5.10. The lowest BCUT2D eigenvalue weighted by Crippen LogP contribution is -2.33. The summed E-state index contributed by atoms with van der Waals surface area (Å²) in [4.78, 5) is 15.5. The molecule has 2 aliphatic rings. The van der Waals surface area contributed by atoms with Gasteiger partial charge in [0.25, 0.3) is 0 Å². The molecule has 1 saturated heterocycles. The third kappa shape index (κ3) is 3.28. The van der Waals surface area contributed by atoms with E-state index < -0.39 is 31.1 Å². The highest BCUT2D eigenvalue weighted by atomic mass is 35.5. The molecule has 0 aliphatic carbocycles. The molecule has 1 fully saturated rings. The minimum Gasteiger partial charge on any atom is -0.394 e. The molecule has 2 aromatic carbocycles. The van der Waals surface area contributed by atoms with Crippen LogP contribution in [0.25, 0.3) is 11.2 Å². The highest BCUT2D eigenvalue weighted by Crippen LogP contribution is 2.45. The maximum atomic E-state index is 10.5. The first-order valence-electron chi connectivity index (χ1n) is 11.0. The minimum atomic E-state index is -1.26. The number of imidazole rings is 1. The van der Waals surface area contributed by atoms with Crippen molar-refractivity contribution < 1.29 is 20.1 Å². The molecule has 0 spiro atoms. The topological polar surface area (TPSA) is 117 Å². The van der Waals surface area contributed by atoms with E-state index in [1.54, 1.807) is 0 Å². The molecule has 34 heavy (non-hydrogen) atoms.